The van der Waals surface area contributed by atoms with Crippen LogP contribution in [0.2, 0.25) is 0 Å². The minimum Gasteiger partial charge on any atom is -0.384 e. The van der Waals surface area contributed by atoms with Gasteiger partial charge in [0.05, 0.1) is 5.69 Å². The van der Waals surface area contributed by atoms with Gasteiger partial charge in [-0.05, 0) is 44.6 Å². The molecule has 0 unspecified atom stereocenters. The van der Waals surface area contributed by atoms with Gasteiger partial charge in [0.25, 0.3) is 0 Å². The predicted octanol–water partition coefficient (Wildman–Crippen LogP) is 5.07. The van der Waals surface area contributed by atoms with Crippen LogP contribution in [-0.4, -0.2) is 26.6 Å². The number of hydrogen-bond donors (Lipinski definition) is 3. The fraction of sp³-hybridized carbons (Fsp3) is 0.478. The second-order valence-corrected chi connectivity index (χ2v) is 10.3. The molecule has 2 aromatic heterocycles. The summed E-state index contributed by atoms with van der Waals surface area (Å²) in [6, 6.07) is 1.65. The van der Waals surface area contributed by atoms with E-state index in [2.05, 4.69) is 48.0 Å². The molecule has 1 saturated carbocycles. The Morgan fingerprint density at radius 1 is 1.41 bits per heavy atom. The molecule has 1 aliphatic carbocycles. The summed E-state index contributed by atoms with van der Waals surface area (Å²) < 4.78 is 1.92. The van der Waals surface area contributed by atoms with Crippen molar-refractivity contribution in [2.24, 2.45) is 16.6 Å². The van der Waals surface area contributed by atoms with Crippen LogP contribution in [0.4, 0.5) is 15.7 Å². The molecule has 1 aliphatic rings. The maximum absolute atomic E-state index is 12.6. The molecule has 172 valence electrons. The first kappa shape index (κ1) is 23.7. The van der Waals surface area contributed by atoms with E-state index >= 15 is 0 Å². The smallest absolute Gasteiger partial charge is 0.326 e. The van der Waals surface area contributed by atoms with Gasteiger partial charge in [0.15, 0.2) is 5.13 Å². The number of nitrogens with two attached hydrogens (primary N) is 1. The number of anilines is 2. The minimum atomic E-state index is -0.312. The first-order valence-corrected chi connectivity index (χ1v) is 11.7. The van der Waals surface area contributed by atoms with Crippen LogP contribution in [0.1, 0.15) is 57.5 Å². The third-order valence-corrected chi connectivity index (χ3v) is 6.06. The average Bonchev–Trinajstić information content (AvgIpc) is 3.25. The number of carbonyl (C=O) groups is 1. The number of amides is 2. The number of rotatable bonds is 9. The van der Waals surface area contributed by atoms with E-state index in [1.54, 1.807) is 6.20 Å². The highest BCUT2D eigenvalue weighted by Crippen LogP contribution is 2.33. The van der Waals surface area contributed by atoms with Crippen LogP contribution in [0, 0.1) is 5.92 Å². The Hall–Kier alpha value is -2.94. The van der Waals surface area contributed by atoms with Crippen LogP contribution < -0.4 is 16.4 Å². The number of aromatic nitrogens is 3. The second-order valence-electron chi connectivity index (χ2n) is 9.23. The number of aryl methyl sites for hydroxylation is 1. The lowest BCUT2D eigenvalue weighted by Gasteiger charge is -2.14. The zero-order valence-corrected chi connectivity index (χ0v) is 20.1. The highest BCUT2D eigenvalue weighted by molar-refractivity contribution is 7.15. The predicted molar refractivity (Wildman–Crippen MR) is 132 cm³/mol. The van der Waals surface area contributed by atoms with Gasteiger partial charge >= 0.3 is 6.03 Å². The van der Waals surface area contributed by atoms with E-state index in [0.29, 0.717) is 16.9 Å². The summed E-state index contributed by atoms with van der Waals surface area (Å²) in [5, 5.41) is 11.1. The van der Waals surface area contributed by atoms with Crippen LogP contribution in [0.5, 0.6) is 0 Å². The molecule has 0 saturated heterocycles. The third-order valence-electron chi connectivity index (χ3n) is 5.09. The van der Waals surface area contributed by atoms with Crippen molar-refractivity contribution in [2.45, 2.75) is 65.3 Å². The van der Waals surface area contributed by atoms with Gasteiger partial charge in [0, 0.05) is 35.3 Å². The number of allylic oxidation sites excluding steroid dienone is 1. The fourth-order valence-electron chi connectivity index (χ4n) is 3.08. The van der Waals surface area contributed by atoms with Crippen molar-refractivity contribution in [1.82, 2.24) is 14.8 Å². The molecule has 0 radical (unpaired) electrons. The topological polar surface area (TPSA) is 110 Å². The summed E-state index contributed by atoms with van der Waals surface area (Å²) in [7, 11) is 0. The molecule has 4 N–H and O–H groups in total. The van der Waals surface area contributed by atoms with Gasteiger partial charge in [-0.25, -0.2) is 19.5 Å². The molecule has 32 heavy (non-hydrogen) atoms. The van der Waals surface area contributed by atoms with Crippen molar-refractivity contribution >= 4 is 34.2 Å². The van der Waals surface area contributed by atoms with Gasteiger partial charge in [-0.1, -0.05) is 32.9 Å². The highest BCUT2D eigenvalue weighted by atomic mass is 32.1. The maximum atomic E-state index is 12.6. The normalized spacial score (nSPS) is 15.0. The van der Waals surface area contributed by atoms with Crippen LogP contribution in [0.15, 0.2) is 41.7 Å². The lowest BCUT2D eigenvalue weighted by atomic mass is 9.92. The fourth-order valence-corrected chi connectivity index (χ4v) is 3.89. The molecular formula is C23H33N7OS. The number of amidine groups is 1. The lowest BCUT2D eigenvalue weighted by Crippen LogP contribution is -2.21. The molecule has 9 heteroatoms. The Balaban J connectivity index is 1.58. The standard InChI is InChI=1S/C23H33N7OS/c1-6-25-19(24)11-15(2)7-10-17-13-26-22(32-17)28-21(31)27-20-12-18(23(3,4)5)29-30(20)14-16-8-9-16/h6,11-13,16H,1,7-10,14H2,2-5H3,(H2,24,25)(H2,26,27,28,31)/b15-11+. The summed E-state index contributed by atoms with van der Waals surface area (Å²) in [6.07, 6.45) is 9.15. The Morgan fingerprint density at radius 2 is 2.16 bits per heavy atom. The van der Waals surface area contributed by atoms with E-state index in [9.17, 15) is 4.79 Å². The SMILES string of the molecule is C=C/N=C(N)\C=C(/C)CCc1cnc(NC(=O)Nc2cc(C(C)(C)C)nn2CC2CC2)s1. The van der Waals surface area contributed by atoms with Gasteiger partial charge in [-0.2, -0.15) is 5.10 Å². The van der Waals surface area contributed by atoms with Crippen molar-refractivity contribution in [1.29, 1.82) is 0 Å². The second kappa shape index (κ2) is 10.1. The molecule has 2 aromatic rings. The van der Waals surface area contributed by atoms with E-state index < -0.39 is 0 Å². The Bertz CT molecular complexity index is 1020. The summed E-state index contributed by atoms with van der Waals surface area (Å²) in [5.41, 5.74) is 7.77. The number of thiazole rings is 1. The molecule has 0 atom stereocenters. The van der Waals surface area contributed by atoms with Crippen LogP contribution >= 0.6 is 11.3 Å². The zero-order chi connectivity index (χ0) is 23.3. The third kappa shape index (κ3) is 7.05. The Labute approximate surface area is 193 Å². The van der Waals surface area contributed by atoms with E-state index in [0.717, 1.165) is 41.3 Å². The molecule has 0 aliphatic heterocycles. The number of aliphatic imine (C=N–C) groups is 1. The largest absolute Gasteiger partial charge is 0.384 e. The Morgan fingerprint density at radius 3 is 2.81 bits per heavy atom. The van der Waals surface area contributed by atoms with E-state index in [1.807, 2.05) is 23.7 Å². The van der Waals surface area contributed by atoms with Crippen molar-refractivity contribution in [3.63, 3.8) is 0 Å². The summed E-state index contributed by atoms with van der Waals surface area (Å²) in [4.78, 5) is 22.0. The number of nitrogens with one attached hydrogen (secondary N) is 2. The van der Waals surface area contributed by atoms with Crippen molar-refractivity contribution in [3.05, 3.63) is 47.3 Å². The van der Waals surface area contributed by atoms with E-state index in [-0.39, 0.29) is 11.4 Å². The van der Waals surface area contributed by atoms with Gasteiger partial charge in [0.1, 0.15) is 11.7 Å². The molecule has 0 aromatic carbocycles. The molecule has 0 bridgehead atoms. The van der Waals surface area contributed by atoms with Crippen molar-refractivity contribution in [3.8, 4) is 0 Å². The monoisotopic (exact) mass is 455 g/mol. The van der Waals surface area contributed by atoms with E-state index in [1.165, 1.54) is 30.4 Å². The number of carbonyl (C=O) groups excluding carboxylic acids is 1. The van der Waals surface area contributed by atoms with Gasteiger partial charge in [-0.3, -0.25) is 10.6 Å². The molecular weight excluding hydrogens is 422 g/mol. The molecule has 3 rings (SSSR count). The number of hydrogen-bond acceptors (Lipinski definition) is 5. The van der Waals surface area contributed by atoms with Gasteiger partial charge in [0.2, 0.25) is 0 Å². The molecule has 2 amide bonds. The van der Waals surface area contributed by atoms with E-state index in [4.69, 9.17) is 10.8 Å². The zero-order valence-electron chi connectivity index (χ0n) is 19.3. The minimum absolute atomic E-state index is 0.0826. The lowest BCUT2D eigenvalue weighted by molar-refractivity contribution is 0.262. The van der Waals surface area contributed by atoms with Gasteiger partial charge < -0.3 is 5.73 Å². The van der Waals surface area contributed by atoms with Crippen molar-refractivity contribution < 1.29 is 4.79 Å². The van der Waals surface area contributed by atoms with Crippen LogP contribution in [0.25, 0.3) is 0 Å². The highest BCUT2D eigenvalue weighted by Gasteiger charge is 2.26. The first-order valence-electron chi connectivity index (χ1n) is 10.9. The Kier molecular flexibility index (Phi) is 7.50. The molecule has 1 fully saturated rings. The van der Waals surface area contributed by atoms with Crippen LogP contribution in [-0.2, 0) is 18.4 Å². The summed E-state index contributed by atoms with van der Waals surface area (Å²) >= 11 is 1.47. The number of urea groups is 1. The molecule has 0 spiro atoms. The summed E-state index contributed by atoms with van der Waals surface area (Å²) in [6.45, 7) is 12.7. The number of nitrogens with zero attached hydrogens (tertiary/aromatic N) is 4. The maximum Gasteiger partial charge on any atom is 0.326 e. The molecule has 8 nitrogen and oxygen atoms in total. The van der Waals surface area contributed by atoms with Crippen LogP contribution in [0.3, 0.4) is 0 Å². The molecule has 2 heterocycles. The van der Waals surface area contributed by atoms with Gasteiger partial charge in [-0.15, -0.1) is 11.3 Å². The van der Waals surface area contributed by atoms with Crippen molar-refractivity contribution in [2.75, 3.05) is 10.6 Å². The quantitative estimate of drug-likeness (QED) is 0.362. The summed E-state index contributed by atoms with van der Waals surface area (Å²) in [5.74, 6) is 1.82. The first-order chi connectivity index (χ1) is 15.1. The average molecular weight is 456 g/mol.